The summed E-state index contributed by atoms with van der Waals surface area (Å²) < 4.78 is 55.0. The first-order chi connectivity index (χ1) is 31.0. The molecule has 2 rings (SSSR count). The number of hydrogen-bond donors (Lipinski definition) is 13. The van der Waals surface area contributed by atoms with Crippen molar-refractivity contribution in [2.24, 2.45) is 0 Å². The van der Waals surface area contributed by atoms with Gasteiger partial charge < -0.3 is 95.9 Å². The molecule has 0 aromatic heterocycles. The number of alkyl carbamates (subject to hydrolysis) is 2. The molecule has 2 fully saturated rings. The van der Waals surface area contributed by atoms with Crippen LogP contribution < -0.4 is 31.9 Å². The average molecular weight is 979 g/mol. The van der Waals surface area contributed by atoms with Gasteiger partial charge >= 0.3 is 20.0 Å². The minimum Gasteiger partial charge on any atom is -0.447 e. The predicted octanol–water partition coefficient (Wildman–Crippen LogP) is -4.55. The van der Waals surface area contributed by atoms with Gasteiger partial charge in [0.15, 0.2) is 12.6 Å². The first-order valence-electron chi connectivity index (χ1n) is 21.1. The second-order valence-electron chi connectivity index (χ2n) is 16.0. The summed E-state index contributed by atoms with van der Waals surface area (Å²) in [5.74, 6) is -1.99. The zero-order valence-electron chi connectivity index (χ0n) is 37.5. The lowest BCUT2D eigenvalue weighted by Crippen LogP contribution is -2.64. The summed E-state index contributed by atoms with van der Waals surface area (Å²) in [6, 6.07) is -2.25. The van der Waals surface area contributed by atoms with E-state index in [4.69, 9.17) is 37.5 Å². The molecule has 11 atom stereocenters. The molecule has 29 heteroatoms. The lowest BCUT2D eigenvalue weighted by atomic mass is 9.97. The van der Waals surface area contributed by atoms with Crippen LogP contribution in [0.4, 0.5) is 9.59 Å². The highest BCUT2D eigenvalue weighted by Crippen LogP contribution is 2.48. The molecule has 2 saturated heterocycles. The smallest absolute Gasteiger partial charge is 0.447 e. The third-order valence-electron chi connectivity index (χ3n) is 9.07. The van der Waals surface area contributed by atoms with Gasteiger partial charge in [-0.1, -0.05) is 0 Å². The Bertz CT molecular complexity index is 1500. The molecule has 2 heterocycles. The fourth-order valence-corrected chi connectivity index (χ4v) is 7.30. The molecular formula is C37H67N6O22P. The number of nitrogens with one attached hydrogen (secondary N) is 6. The van der Waals surface area contributed by atoms with E-state index < -0.39 is 143 Å². The maximum absolute atomic E-state index is 12.6. The minimum atomic E-state index is -4.80. The van der Waals surface area contributed by atoms with Gasteiger partial charge in [0.25, 0.3) is 0 Å². The normalized spacial score (nSPS) is 26.3. The van der Waals surface area contributed by atoms with Crippen molar-refractivity contribution in [2.45, 2.75) is 133 Å². The summed E-state index contributed by atoms with van der Waals surface area (Å²) in [4.78, 5) is 82.7. The fraction of sp³-hybridized carbons (Fsp3) is 0.838. The highest BCUT2D eigenvalue weighted by Gasteiger charge is 2.46. The SMILES string of the molecule is CC(=O)N[C@H]1[C@H](OCCCNC(=O)CCNC(=O)OCC(COC(=O)NCCC(=O)NCCCO[C@@H]2O[C@H](CO)[C@H](O)[C@H](O)[C@H]2NC(C)=O)OP(=O)(O)OC(C)(C)C)O[C@H](CO)[C@H](O)[C@@H]1O. The van der Waals surface area contributed by atoms with Crippen LogP contribution >= 0.6 is 7.82 Å². The molecule has 2 aliphatic heterocycles. The molecule has 0 aromatic carbocycles. The molecule has 382 valence electrons. The van der Waals surface area contributed by atoms with Crippen LogP contribution in [0.25, 0.3) is 0 Å². The summed E-state index contributed by atoms with van der Waals surface area (Å²) >= 11 is 0. The molecule has 0 saturated carbocycles. The number of hydrogen-bond acceptors (Lipinski definition) is 21. The zero-order chi connectivity index (χ0) is 49.6. The molecule has 2 aliphatic rings. The van der Waals surface area contributed by atoms with Gasteiger partial charge in [-0.2, -0.15) is 0 Å². The van der Waals surface area contributed by atoms with Crippen LogP contribution in [0.3, 0.4) is 0 Å². The Morgan fingerprint density at radius 3 is 1.38 bits per heavy atom. The molecule has 1 unspecified atom stereocenters. The average Bonchev–Trinajstić information content (AvgIpc) is 3.22. The van der Waals surface area contributed by atoms with Gasteiger partial charge in [0.05, 0.1) is 32.0 Å². The van der Waals surface area contributed by atoms with Gasteiger partial charge in [0, 0.05) is 52.9 Å². The molecule has 0 aliphatic carbocycles. The van der Waals surface area contributed by atoms with Crippen LogP contribution in [-0.2, 0) is 61.2 Å². The first-order valence-corrected chi connectivity index (χ1v) is 22.5. The number of aliphatic hydroxyl groups excluding tert-OH is 6. The van der Waals surface area contributed by atoms with E-state index in [9.17, 15) is 68.9 Å². The predicted molar refractivity (Wildman–Crippen MR) is 221 cm³/mol. The first kappa shape index (κ1) is 58.3. The van der Waals surface area contributed by atoms with Crippen molar-refractivity contribution >= 4 is 43.6 Å². The van der Waals surface area contributed by atoms with Crippen molar-refractivity contribution in [1.29, 1.82) is 0 Å². The van der Waals surface area contributed by atoms with Crippen LogP contribution in [0, 0.1) is 0 Å². The highest BCUT2D eigenvalue weighted by molar-refractivity contribution is 7.47. The van der Waals surface area contributed by atoms with E-state index in [1.165, 1.54) is 34.6 Å². The van der Waals surface area contributed by atoms with E-state index in [0.717, 1.165) is 0 Å². The van der Waals surface area contributed by atoms with Crippen LogP contribution in [0.2, 0.25) is 0 Å². The van der Waals surface area contributed by atoms with Crippen LogP contribution in [0.15, 0.2) is 0 Å². The van der Waals surface area contributed by atoms with E-state index in [0.29, 0.717) is 0 Å². The molecule has 0 spiro atoms. The second kappa shape index (κ2) is 29.1. The monoisotopic (exact) mass is 978 g/mol. The Labute approximate surface area is 380 Å². The van der Waals surface area contributed by atoms with Crippen molar-refractivity contribution in [1.82, 2.24) is 31.9 Å². The number of phosphoric ester groups is 1. The van der Waals surface area contributed by atoms with Crippen molar-refractivity contribution in [2.75, 3.05) is 65.8 Å². The quantitative estimate of drug-likeness (QED) is 0.0272. The van der Waals surface area contributed by atoms with Gasteiger partial charge in [-0.25, -0.2) is 14.2 Å². The maximum Gasteiger partial charge on any atom is 0.473 e. The van der Waals surface area contributed by atoms with Gasteiger partial charge in [-0.05, 0) is 33.6 Å². The highest BCUT2D eigenvalue weighted by atomic mass is 31.2. The standard InChI is InChI=1S/C37H67N6O22P/c1-20(46)42-27-31(52)29(50)23(16-44)62-33(27)58-14-6-10-38-25(48)8-12-40-35(54)60-18-22(64-66(56,57)65-37(3,4)5)19-61-36(55)41-13-9-26(49)39-11-7-15-59-34-28(43-21(2)47)32(53)30(51)24(17-45)63-34/h22-24,27-34,44-45,50-53H,6-19H2,1-5H3,(H,38,48)(H,39,49)(H,40,54)(H,41,55)(H,42,46)(H,43,47)(H,56,57)/t23-,24-,27-,28-,29+,30+,31-,32-,33-,34-/m1/s1. The number of aliphatic hydroxyl groups is 6. The Morgan fingerprint density at radius 1 is 0.636 bits per heavy atom. The van der Waals surface area contributed by atoms with Crippen molar-refractivity contribution in [3.8, 4) is 0 Å². The van der Waals surface area contributed by atoms with E-state index in [1.807, 2.05) is 0 Å². The van der Waals surface area contributed by atoms with Gasteiger partial charge in [-0.3, -0.25) is 28.2 Å². The lowest BCUT2D eigenvalue weighted by molar-refractivity contribution is -0.270. The summed E-state index contributed by atoms with van der Waals surface area (Å²) in [6.07, 6.45) is -14.2. The van der Waals surface area contributed by atoms with Crippen molar-refractivity contribution < 1.29 is 106 Å². The zero-order valence-corrected chi connectivity index (χ0v) is 38.3. The van der Waals surface area contributed by atoms with Crippen molar-refractivity contribution in [3.63, 3.8) is 0 Å². The van der Waals surface area contributed by atoms with Crippen molar-refractivity contribution in [3.05, 3.63) is 0 Å². The molecule has 28 nitrogen and oxygen atoms in total. The van der Waals surface area contributed by atoms with E-state index in [-0.39, 0.29) is 65.1 Å². The van der Waals surface area contributed by atoms with Crippen LogP contribution in [0.1, 0.15) is 60.3 Å². The largest absolute Gasteiger partial charge is 0.473 e. The van der Waals surface area contributed by atoms with E-state index in [1.54, 1.807) is 0 Å². The molecule has 0 radical (unpaired) electrons. The van der Waals surface area contributed by atoms with E-state index in [2.05, 4.69) is 31.9 Å². The fourth-order valence-electron chi connectivity index (χ4n) is 6.06. The third kappa shape index (κ3) is 22.3. The summed E-state index contributed by atoms with van der Waals surface area (Å²) in [5, 5.41) is 74.4. The number of carbonyl (C=O) groups is 6. The summed E-state index contributed by atoms with van der Waals surface area (Å²) in [7, 11) is -4.80. The summed E-state index contributed by atoms with van der Waals surface area (Å²) in [5.41, 5.74) is -1.15. The Kier molecular flexibility index (Phi) is 25.7. The Balaban J connectivity index is 1.72. The molecular weight excluding hydrogens is 911 g/mol. The number of rotatable bonds is 27. The third-order valence-corrected chi connectivity index (χ3v) is 10.4. The lowest BCUT2D eigenvalue weighted by Gasteiger charge is -2.42. The van der Waals surface area contributed by atoms with E-state index >= 15 is 0 Å². The number of phosphoric acid groups is 1. The van der Waals surface area contributed by atoms with Gasteiger partial charge in [0.1, 0.15) is 68.0 Å². The molecule has 0 bridgehead atoms. The Hall–Kier alpha value is -3.87. The number of ether oxygens (including phenoxy) is 6. The van der Waals surface area contributed by atoms with Crippen LogP contribution in [-0.4, -0.2) is 210 Å². The maximum atomic E-state index is 12.6. The summed E-state index contributed by atoms with van der Waals surface area (Å²) in [6.45, 7) is 3.94. The second-order valence-corrected chi connectivity index (χ2v) is 17.3. The molecule has 13 N–H and O–H groups in total. The van der Waals surface area contributed by atoms with Crippen LogP contribution in [0.5, 0.6) is 0 Å². The van der Waals surface area contributed by atoms with Gasteiger partial charge in [-0.15, -0.1) is 0 Å². The number of amides is 6. The minimum absolute atomic E-state index is 0.0166. The topological polar surface area (TPSA) is 407 Å². The number of carbonyl (C=O) groups excluding carboxylic acids is 6. The Morgan fingerprint density at radius 2 is 1.03 bits per heavy atom. The molecule has 6 amide bonds. The molecule has 0 aromatic rings. The van der Waals surface area contributed by atoms with Gasteiger partial charge in [0.2, 0.25) is 23.6 Å². The molecule has 66 heavy (non-hydrogen) atoms.